The summed E-state index contributed by atoms with van der Waals surface area (Å²) in [4.78, 5) is 12.8. The fourth-order valence-corrected chi connectivity index (χ4v) is 3.36. The minimum Gasteiger partial charge on any atom is -0.504 e. The summed E-state index contributed by atoms with van der Waals surface area (Å²) in [7, 11) is 0. The molecule has 1 aliphatic rings. The van der Waals surface area contributed by atoms with Crippen molar-refractivity contribution in [1.82, 2.24) is 0 Å². The topological polar surface area (TPSA) is 170 Å². The zero-order valence-electron chi connectivity index (χ0n) is 16.0. The van der Waals surface area contributed by atoms with Gasteiger partial charge >= 0.3 is 0 Å². The summed E-state index contributed by atoms with van der Waals surface area (Å²) >= 11 is 0. The number of aliphatic hydroxyl groups is 4. The molecule has 3 aromatic rings. The second-order valence-corrected chi connectivity index (χ2v) is 7.16. The largest absolute Gasteiger partial charge is 0.504 e. The van der Waals surface area contributed by atoms with E-state index in [2.05, 4.69) is 0 Å². The number of phenolic OH excluding ortho intramolecular Hbond substituents is 2. The third-order valence-electron chi connectivity index (χ3n) is 5.14. The van der Waals surface area contributed by atoms with Crippen LogP contribution in [0.2, 0.25) is 0 Å². The van der Waals surface area contributed by atoms with Gasteiger partial charge in [-0.2, -0.15) is 0 Å². The van der Waals surface area contributed by atoms with E-state index in [0.717, 1.165) is 12.1 Å². The average Bonchev–Trinajstić information content (AvgIpc) is 2.76. The summed E-state index contributed by atoms with van der Waals surface area (Å²) in [5, 5.41) is 58.3. The first kappa shape index (κ1) is 21.1. The third-order valence-corrected chi connectivity index (χ3v) is 5.14. The third kappa shape index (κ3) is 3.82. The van der Waals surface area contributed by atoms with Crippen LogP contribution < -0.4 is 10.2 Å². The van der Waals surface area contributed by atoms with E-state index in [4.69, 9.17) is 13.9 Å². The van der Waals surface area contributed by atoms with Gasteiger partial charge in [-0.05, 0) is 23.8 Å². The minimum atomic E-state index is -1.56. The van der Waals surface area contributed by atoms with Crippen LogP contribution in [-0.2, 0) is 4.74 Å². The Bertz CT molecular complexity index is 1140. The number of hydrogen-bond donors (Lipinski definition) is 6. The quantitative estimate of drug-likeness (QED) is 0.310. The Morgan fingerprint density at radius 2 is 1.61 bits per heavy atom. The van der Waals surface area contributed by atoms with Gasteiger partial charge in [0.05, 0.1) is 17.6 Å². The van der Waals surface area contributed by atoms with E-state index in [1.54, 1.807) is 12.1 Å². The van der Waals surface area contributed by atoms with Crippen LogP contribution in [0.3, 0.4) is 0 Å². The van der Waals surface area contributed by atoms with Crippen molar-refractivity contribution in [2.24, 2.45) is 0 Å². The van der Waals surface area contributed by atoms with E-state index in [-0.39, 0.29) is 22.3 Å². The molecule has 10 nitrogen and oxygen atoms in total. The van der Waals surface area contributed by atoms with Gasteiger partial charge in [0.1, 0.15) is 42.0 Å². The molecule has 6 N–H and O–H groups in total. The van der Waals surface area contributed by atoms with E-state index >= 15 is 0 Å². The molecule has 0 bridgehead atoms. The van der Waals surface area contributed by atoms with Crippen molar-refractivity contribution in [2.45, 2.75) is 30.7 Å². The van der Waals surface area contributed by atoms with Gasteiger partial charge < -0.3 is 44.5 Å². The van der Waals surface area contributed by atoms with Crippen molar-refractivity contribution in [3.63, 3.8) is 0 Å². The van der Waals surface area contributed by atoms with Crippen molar-refractivity contribution in [3.05, 3.63) is 52.9 Å². The number of aromatic hydroxyl groups is 2. The smallest absolute Gasteiger partial charge is 0.229 e. The van der Waals surface area contributed by atoms with Crippen LogP contribution in [0.1, 0.15) is 0 Å². The second-order valence-electron chi connectivity index (χ2n) is 7.16. The lowest BCUT2D eigenvalue weighted by atomic mass is 9.99. The molecule has 10 heteroatoms. The fraction of sp³-hybridized carbons (Fsp3) is 0.286. The number of rotatable bonds is 4. The van der Waals surface area contributed by atoms with Gasteiger partial charge in [-0.15, -0.1) is 0 Å². The van der Waals surface area contributed by atoms with Crippen LogP contribution in [0.15, 0.2) is 51.9 Å². The van der Waals surface area contributed by atoms with Crippen LogP contribution >= 0.6 is 0 Å². The molecule has 0 saturated carbocycles. The first-order valence-electron chi connectivity index (χ1n) is 9.35. The van der Waals surface area contributed by atoms with E-state index in [0.29, 0.717) is 5.56 Å². The Kier molecular flexibility index (Phi) is 5.56. The molecule has 1 saturated heterocycles. The molecule has 2 heterocycles. The maximum absolute atomic E-state index is 12.8. The van der Waals surface area contributed by atoms with Gasteiger partial charge in [0.15, 0.2) is 11.5 Å². The summed E-state index contributed by atoms with van der Waals surface area (Å²) in [5.74, 6) is -0.612. The van der Waals surface area contributed by atoms with E-state index in [9.17, 15) is 35.4 Å². The number of hydrogen-bond acceptors (Lipinski definition) is 10. The summed E-state index contributed by atoms with van der Waals surface area (Å²) in [6, 6.07) is 8.36. The zero-order valence-corrected chi connectivity index (χ0v) is 16.0. The molecule has 4 rings (SSSR count). The van der Waals surface area contributed by atoms with Crippen LogP contribution in [0.25, 0.3) is 22.1 Å². The molecule has 1 fully saturated rings. The summed E-state index contributed by atoms with van der Waals surface area (Å²) in [6.45, 7) is -0.575. The molecular formula is C21H20O10. The number of aliphatic hydroxyl groups excluding tert-OH is 4. The van der Waals surface area contributed by atoms with Crippen molar-refractivity contribution < 1.29 is 44.5 Å². The normalized spacial score (nSPS) is 26.1. The van der Waals surface area contributed by atoms with Gasteiger partial charge in [0, 0.05) is 6.07 Å². The molecule has 0 amide bonds. The molecule has 31 heavy (non-hydrogen) atoms. The summed E-state index contributed by atoms with van der Waals surface area (Å²) in [5.41, 5.74) is 0.382. The van der Waals surface area contributed by atoms with Crippen LogP contribution in [0.5, 0.6) is 17.2 Å². The SMILES string of the molecule is O=c1c(-c2ccc(O[C@@H]3O[C@H](CO)[C@@H](O)[C@H](O)[C@H]3O)cc2)coc2cc(O)c(O)cc12. The monoisotopic (exact) mass is 432 g/mol. The average molecular weight is 432 g/mol. The van der Waals surface area contributed by atoms with Crippen LogP contribution in [0.4, 0.5) is 0 Å². The van der Waals surface area contributed by atoms with Gasteiger partial charge in [-0.1, -0.05) is 12.1 Å². The molecule has 2 aromatic carbocycles. The van der Waals surface area contributed by atoms with Gasteiger partial charge in [-0.25, -0.2) is 0 Å². The van der Waals surface area contributed by atoms with Crippen molar-refractivity contribution in [3.8, 4) is 28.4 Å². The molecule has 0 spiro atoms. The predicted octanol–water partition coefficient (Wildman–Crippen LogP) is 0.0499. The molecule has 0 aliphatic carbocycles. The van der Waals surface area contributed by atoms with Gasteiger partial charge in [0.2, 0.25) is 11.7 Å². The standard InChI is InChI=1S/C21H20O10/c22-7-16-18(26)19(27)20(28)21(31-16)30-10-3-1-9(2-4-10)12-8-29-15-6-14(24)13(23)5-11(15)17(12)25/h1-6,8,16,18-24,26-28H,7H2/t16-,18-,19+,20-,21-/m1/s1. The lowest BCUT2D eigenvalue weighted by Crippen LogP contribution is -2.60. The lowest BCUT2D eigenvalue weighted by molar-refractivity contribution is -0.277. The Labute approximate surface area is 174 Å². The first-order valence-corrected chi connectivity index (χ1v) is 9.35. The van der Waals surface area contributed by atoms with Gasteiger partial charge in [-0.3, -0.25) is 4.79 Å². The Hall–Kier alpha value is -3.15. The summed E-state index contributed by atoms with van der Waals surface area (Å²) in [6.07, 6.45) is -5.80. The molecule has 164 valence electrons. The highest BCUT2D eigenvalue weighted by atomic mass is 16.7. The molecule has 0 unspecified atom stereocenters. The Balaban J connectivity index is 1.58. The van der Waals surface area contributed by atoms with Crippen LogP contribution in [-0.4, -0.2) is 68.0 Å². The first-order chi connectivity index (χ1) is 14.8. The van der Waals surface area contributed by atoms with E-state index in [1.807, 2.05) is 0 Å². The van der Waals surface area contributed by atoms with E-state index < -0.39 is 54.2 Å². The Morgan fingerprint density at radius 3 is 2.29 bits per heavy atom. The molecule has 5 atom stereocenters. The minimum absolute atomic E-state index is 0.0921. The maximum Gasteiger partial charge on any atom is 0.229 e. The maximum atomic E-state index is 12.8. The number of fused-ring (bicyclic) bond motifs is 1. The predicted molar refractivity (Wildman–Crippen MR) is 106 cm³/mol. The van der Waals surface area contributed by atoms with Gasteiger partial charge in [0.25, 0.3) is 0 Å². The zero-order chi connectivity index (χ0) is 22.3. The highest BCUT2D eigenvalue weighted by Crippen LogP contribution is 2.31. The molecule has 1 aliphatic heterocycles. The van der Waals surface area contributed by atoms with E-state index in [1.165, 1.54) is 18.4 Å². The van der Waals surface area contributed by atoms with Crippen LogP contribution in [0, 0.1) is 0 Å². The molecule has 1 aromatic heterocycles. The van der Waals surface area contributed by atoms with Crippen molar-refractivity contribution in [1.29, 1.82) is 0 Å². The molecular weight excluding hydrogens is 412 g/mol. The summed E-state index contributed by atoms with van der Waals surface area (Å²) < 4.78 is 16.2. The number of phenols is 2. The van der Waals surface area contributed by atoms with Crippen molar-refractivity contribution in [2.75, 3.05) is 6.61 Å². The number of ether oxygens (including phenoxy) is 2. The second kappa shape index (κ2) is 8.17. The highest BCUT2D eigenvalue weighted by molar-refractivity contribution is 5.84. The highest BCUT2D eigenvalue weighted by Gasteiger charge is 2.44. The number of benzene rings is 2. The lowest BCUT2D eigenvalue weighted by Gasteiger charge is -2.39. The molecule has 0 radical (unpaired) electrons. The Morgan fingerprint density at radius 1 is 0.935 bits per heavy atom. The van der Waals surface area contributed by atoms with Crippen molar-refractivity contribution >= 4 is 11.0 Å². The fourth-order valence-electron chi connectivity index (χ4n) is 3.36.